The molecule has 0 saturated heterocycles. The highest BCUT2D eigenvalue weighted by Gasteiger charge is 2.29. The van der Waals surface area contributed by atoms with Crippen molar-refractivity contribution < 1.29 is 4.79 Å². The van der Waals surface area contributed by atoms with Gasteiger partial charge in [0, 0.05) is 21.9 Å². The van der Waals surface area contributed by atoms with Crippen molar-refractivity contribution in [1.82, 2.24) is 5.32 Å². The first-order valence-corrected chi connectivity index (χ1v) is 10.3. The fourth-order valence-corrected chi connectivity index (χ4v) is 4.54. The van der Waals surface area contributed by atoms with Crippen LogP contribution in [0.15, 0.2) is 70.0 Å². The van der Waals surface area contributed by atoms with Gasteiger partial charge in [0.05, 0.1) is 10.6 Å². The fourth-order valence-electron chi connectivity index (χ4n) is 2.82. The van der Waals surface area contributed by atoms with Gasteiger partial charge < -0.3 is 16.8 Å². The van der Waals surface area contributed by atoms with Gasteiger partial charge in [-0.05, 0) is 43.2 Å². The van der Waals surface area contributed by atoms with Crippen LogP contribution >= 0.6 is 23.5 Å². The largest absolute Gasteiger partial charge is 0.398 e. The van der Waals surface area contributed by atoms with E-state index in [0.29, 0.717) is 21.4 Å². The third-order valence-electron chi connectivity index (χ3n) is 4.35. The quantitative estimate of drug-likeness (QED) is 0.524. The Balaban J connectivity index is 1.73. The summed E-state index contributed by atoms with van der Waals surface area (Å²) in [5.41, 5.74) is 13.6. The number of amides is 1. The van der Waals surface area contributed by atoms with E-state index in [9.17, 15) is 4.79 Å². The summed E-state index contributed by atoms with van der Waals surface area (Å²) < 4.78 is 0. The minimum Gasteiger partial charge on any atom is -0.398 e. The number of para-hydroxylation sites is 1. The van der Waals surface area contributed by atoms with Gasteiger partial charge in [-0.2, -0.15) is 0 Å². The minimum atomic E-state index is -0.407. The summed E-state index contributed by atoms with van der Waals surface area (Å²) in [6, 6.07) is 15.0. The Morgan fingerprint density at radius 2 is 2.04 bits per heavy atom. The van der Waals surface area contributed by atoms with Crippen molar-refractivity contribution >= 4 is 40.3 Å². The molecule has 27 heavy (non-hydrogen) atoms. The molecule has 1 unspecified atom stereocenters. The molecular formula is C20H22N4OS2. The van der Waals surface area contributed by atoms with E-state index >= 15 is 0 Å². The molecule has 2 aromatic carbocycles. The summed E-state index contributed by atoms with van der Waals surface area (Å²) >= 11 is 2.89. The maximum absolute atomic E-state index is 12.7. The van der Waals surface area contributed by atoms with Crippen LogP contribution in [0.5, 0.6) is 0 Å². The Morgan fingerprint density at radius 1 is 1.26 bits per heavy atom. The van der Waals surface area contributed by atoms with E-state index in [-0.39, 0.29) is 5.91 Å². The lowest BCUT2D eigenvalue weighted by Crippen LogP contribution is -2.29. The van der Waals surface area contributed by atoms with Gasteiger partial charge in [0.25, 0.3) is 5.91 Å². The fraction of sp³-hybridized carbons (Fsp3) is 0.200. The number of aliphatic imine (C=N–C) groups is 1. The normalized spacial score (nSPS) is 19.2. The summed E-state index contributed by atoms with van der Waals surface area (Å²) in [4.78, 5) is 18.1. The van der Waals surface area contributed by atoms with Gasteiger partial charge in [0.1, 0.15) is 0 Å². The zero-order valence-electron chi connectivity index (χ0n) is 15.1. The van der Waals surface area contributed by atoms with Crippen LogP contribution in [0.2, 0.25) is 0 Å². The number of amidine groups is 1. The first kappa shape index (κ1) is 19.4. The molecule has 3 rings (SSSR count). The van der Waals surface area contributed by atoms with E-state index in [4.69, 9.17) is 11.5 Å². The summed E-state index contributed by atoms with van der Waals surface area (Å²) in [5.74, 6) is 0.698. The molecule has 5 N–H and O–H groups in total. The summed E-state index contributed by atoms with van der Waals surface area (Å²) in [7, 11) is 0. The van der Waals surface area contributed by atoms with Crippen molar-refractivity contribution in [2.24, 2.45) is 10.7 Å². The van der Waals surface area contributed by atoms with E-state index in [1.807, 2.05) is 49.4 Å². The first-order valence-electron chi connectivity index (χ1n) is 8.49. The maximum atomic E-state index is 12.7. The number of benzene rings is 2. The number of nitrogen functional groups attached to an aromatic ring is 1. The van der Waals surface area contributed by atoms with Crippen LogP contribution in [-0.2, 0) is 5.54 Å². The number of nitrogens with two attached hydrogens (primary N) is 2. The molecule has 7 heteroatoms. The van der Waals surface area contributed by atoms with E-state index in [0.717, 1.165) is 22.6 Å². The number of nitrogens with one attached hydrogen (secondary N) is 1. The van der Waals surface area contributed by atoms with Crippen LogP contribution < -0.4 is 16.8 Å². The molecule has 1 atom stereocenters. The molecule has 0 saturated carbocycles. The lowest BCUT2D eigenvalue weighted by atomic mass is 9.89. The molecule has 1 amide bonds. The van der Waals surface area contributed by atoms with E-state index in [1.165, 1.54) is 11.8 Å². The van der Waals surface area contributed by atoms with E-state index in [2.05, 4.69) is 16.9 Å². The lowest BCUT2D eigenvalue weighted by molar-refractivity contribution is 0.0969. The Hall–Kier alpha value is -2.38. The molecule has 1 heterocycles. The minimum absolute atomic E-state index is 0.213. The summed E-state index contributed by atoms with van der Waals surface area (Å²) in [6.45, 7) is 5.97. The molecule has 0 spiro atoms. The number of hydrogen-bond acceptors (Lipinski definition) is 6. The Kier molecular flexibility index (Phi) is 5.82. The Bertz CT molecular complexity index is 912. The number of carbonyl (C=O) groups excluding carboxylic acids is 1. The highest BCUT2D eigenvalue weighted by atomic mass is 32.2. The number of thioether (sulfide) groups is 2. The van der Waals surface area contributed by atoms with Crippen molar-refractivity contribution in [2.75, 3.05) is 11.5 Å². The van der Waals surface area contributed by atoms with Gasteiger partial charge in [-0.3, -0.25) is 9.79 Å². The zero-order valence-corrected chi connectivity index (χ0v) is 16.7. The maximum Gasteiger partial charge on any atom is 0.256 e. The molecular weight excluding hydrogens is 376 g/mol. The van der Waals surface area contributed by atoms with Crippen molar-refractivity contribution in [2.45, 2.75) is 23.8 Å². The predicted molar refractivity (Wildman–Crippen MR) is 116 cm³/mol. The smallest absolute Gasteiger partial charge is 0.256 e. The Labute approximate surface area is 167 Å². The molecule has 0 fully saturated rings. The van der Waals surface area contributed by atoms with Crippen molar-refractivity contribution in [3.63, 3.8) is 0 Å². The van der Waals surface area contributed by atoms with Crippen LogP contribution in [0.25, 0.3) is 0 Å². The van der Waals surface area contributed by atoms with E-state index in [1.54, 1.807) is 17.8 Å². The topological polar surface area (TPSA) is 93.5 Å². The molecule has 0 radical (unpaired) electrons. The highest BCUT2D eigenvalue weighted by Crippen LogP contribution is 2.35. The zero-order chi connectivity index (χ0) is 19.4. The van der Waals surface area contributed by atoms with Crippen molar-refractivity contribution in [3.05, 3.63) is 71.3 Å². The van der Waals surface area contributed by atoms with Gasteiger partial charge in [-0.15, -0.1) is 0 Å². The highest BCUT2D eigenvalue weighted by molar-refractivity contribution is 8.13. The second-order valence-corrected chi connectivity index (χ2v) is 8.67. The summed E-state index contributed by atoms with van der Waals surface area (Å²) in [6.07, 6.45) is 0.874. The molecule has 0 aromatic heterocycles. The van der Waals surface area contributed by atoms with Crippen LogP contribution in [-0.4, -0.2) is 16.8 Å². The second-order valence-electron chi connectivity index (χ2n) is 6.42. The molecule has 5 nitrogen and oxygen atoms in total. The van der Waals surface area contributed by atoms with Gasteiger partial charge >= 0.3 is 0 Å². The SMILES string of the molecule is C=C(NC(=O)c1cccc(C2(C)CCSC(N)=N2)c1)Sc1ccccc1N. The number of hydrogen-bond donors (Lipinski definition) is 3. The number of anilines is 1. The Morgan fingerprint density at radius 3 is 2.78 bits per heavy atom. The number of rotatable bonds is 5. The standard InChI is InChI=1S/C20H22N4OS2/c1-13(27-17-9-4-3-8-16(17)21)23-18(25)14-6-5-7-15(12-14)20(2)10-11-26-19(22)24-20/h3-9,12H,1,10-11,21H2,2H3,(H2,22,24)(H,23,25). The average Bonchev–Trinajstić information content (AvgIpc) is 2.63. The molecule has 0 bridgehead atoms. The van der Waals surface area contributed by atoms with Gasteiger partial charge in [-0.1, -0.05) is 54.4 Å². The monoisotopic (exact) mass is 398 g/mol. The molecule has 140 valence electrons. The van der Waals surface area contributed by atoms with Gasteiger partial charge in [0.2, 0.25) is 0 Å². The molecule has 1 aliphatic heterocycles. The van der Waals surface area contributed by atoms with Crippen molar-refractivity contribution in [3.8, 4) is 0 Å². The van der Waals surface area contributed by atoms with E-state index < -0.39 is 5.54 Å². The summed E-state index contributed by atoms with van der Waals surface area (Å²) in [5, 5.41) is 3.94. The number of nitrogens with zero attached hydrogens (tertiary/aromatic N) is 1. The second kappa shape index (κ2) is 8.10. The van der Waals surface area contributed by atoms with Crippen molar-refractivity contribution in [1.29, 1.82) is 0 Å². The van der Waals surface area contributed by atoms with Crippen LogP contribution in [0.4, 0.5) is 5.69 Å². The van der Waals surface area contributed by atoms with Crippen LogP contribution in [0, 0.1) is 0 Å². The lowest BCUT2D eigenvalue weighted by Gasteiger charge is -2.30. The molecule has 2 aromatic rings. The predicted octanol–water partition coefficient (Wildman–Crippen LogP) is 3.93. The third kappa shape index (κ3) is 4.67. The average molecular weight is 399 g/mol. The molecule has 0 aliphatic carbocycles. The van der Waals surface area contributed by atoms with Gasteiger partial charge in [-0.25, -0.2) is 0 Å². The third-order valence-corrected chi connectivity index (χ3v) is 6.08. The van der Waals surface area contributed by atoms with Gasteiger partial charge in [0.15, 0.2) is 5.17 Å². The van der Waals surface area contributed by atoms with Crippen LogP contribution in [0.3, 0.4) is 0 Å². The number of carbonyl (C=O) groups is 1. The van der Waals surface area contributed by atoms with Crippen LogP contribution in [0.1, 0.15) is 29.3 Å². The first-order chi connectivity index (χ1) is 12.9. The molecule has 1 aliphatic rings.